The summed E-state index contributed by atoms with van der Waals surface area (Å²) in [7, 11) is 0. The molecule has 0 bridgehead atoms. The molecule has 0 N–H and O–H groups in total. The van der Waals surface area contributed by atoms with Crippen molar-refractivity contribution in [1.82, 2.24) is 0 Å². The molecule has 2 rings (SSSR count). The second-order valence-electron chi connectivity index (χ2n) is 2.30. The lowest BCUT2D eigenvalue weighted by atomic mass is 10.4. The monoisotopic (exact) mass is 236 g/mol. The highest BCUT2D eigenvalue weighted by Crippen LogP contribution is 2.12. The second kappa shape index (κ2) is 5.92. The predicted octanol–water partition coefficient (Wildman–Crippen LogP) is 3.38. The van der Waals surface area contributed by atoms with Crippen LogP contribution in [0.2, 0.25) is 0 Å². The third-order valence-electron chi connectivity index (χ3n) is 1.31. The Balaban J connectivity index is 0.000000162. The fraction of sp³-hybridized carbons (Fsp3) is 0. The van der Waals surface area contributed by atoms with Crippen molar-refractivity contribution < 1.29 is 4.39 Å². The summed E-state index contributed by atoms with van der Waals surface area (Å²) in [4.78, 5) is 1.18. The van der Waals surface area contributed by atoms with E-state index < -0.39 is 0 Å². The molecule has 0 aliphatic rings. The molecule has 0 aliphatic carbocycles. The smallest absolute Gasteiger partial charge is 0.176 e. The number of hydrogen-bond donors (Lipinski definition) is 0. The summed E-state index contributed by atoms with van der Waals surface area (Å²) in [5.74, 6) is 0. The highest BCUT2D eigenvalue weighted by atomic mass is 32.1. The Hall–Kier alpha value is -1.69. The van der Waals surface area contributed by atoms with Gasteiger partial charge in [0.05, 0.1) is 0 Å². The highest BCUT2D eigenvalue weighted by Gasteiger charge is 1.94. The summed E-state index contributed by atoms with van der Waals surface area (Å²) >= 11 is 2.32. The molecule has 2 aromatic heterocycles. The maximum atomic E-state index is 11.7. The molecule has 0 saturated heterocycles. The van der Waals surface area contributed by atoms with Gasteiger partial charge < -0.3 is 0 Å². The van der Waals surface area contributed by atoms with Crippen LogP contribution >= 0.6 is 22.7 Å². The van der Waals surface area contributed by atoms with Crippen LogP contribution in [0.4, 0.5) is 4.39 Å². The fourth-order valence-corrected chi connectivity index (χ4v) is 1.76. The van der Waals surface area contributed by atoms with E-state index in [9.17, 15) is 4.39 Å². The summed E-state index contributed by atoms with van der Waals surface area (Å²) in [5.41, 5.74) is 0. The van der Waals surface area contributed by atoms with E-state index in [-0.39, 0.29) is 5.13 Å². The summed E-state index contributed by atoms with van der Waals surface area (Å²) in [6.45, 7) is 0. The molecule has 0 aliphatic heterocycles. The molecule has 5 heteroatoms. The van der Waals surface area contributed by atoms with Gasteiger partial charge in [-0.1, -0.05) is 0 Å². The van der Waals surface area contributed by atoms with Crippen LogP contribution < -0.4 is 0 Å². The van der Waals surface area contributed by atoms with Crippen molar-refractivity contribution >= 4 is 22.7 Å². The van der Waals surface area contributed by atoms with Crippen molar-refractivity contribution in [3.05, 3.63) is 44.5 Å². The lowest BCUT2D eigenvalue weighted by molar-refractivity contribution is 0.657. The number of nitriles is 2. The van der Waals surface area contributed by atoms with Crippen LogP contribution in [-0.4, -0.2) is 0 Å². The van der Waals surface area contributed by atoms with Crippen molar-refractivity contribution in [2.24, 2.45) is 0 Å². The SMILES string of the molecule is Fc1cccs1.N#Cc1ccc(C#N)s1. The Morgan fingerprint density at radius 3 is 1.87 bits per heavy atom. The molecule has 0 saturated carbocycles. The van der Waals surface area contributed by atoms with E-state index in [0.717, 1.165) is 11.3 Å². The van der Waals surface area contributed by atoms with E-state index in [1.165, 1.54) is 17.4 Å². The number of rotatable bonds is 0. The standard InChI is InChI=1S/C6H2N2S.C4H3FS/c7-3-5-1-2-6(4-8)9-5;5-4-2-1-3-6-4/h1-2H;1-3H. The molecule has 0 aromatic carbocycles. The summed E-state index contributed by atoms with van der Waals surface area (Å²) in [6, 6.07) is 10.3. The zero-order chi connectivity index (χ0) is 11.1. The molecular weight excluding hydrogens is 231 g/mol. The van der Waals surface area contributed by atoms with Crippen molar-refractivity contribution in [1.29, 1.82) is 10.5 Å². The predicted molar refractivity (Wildman–Crippen MR) is 58.0 cm³/mol. The molecule has 2 heterocycles. The Labute approximate surface area is 94.5 Å². The largest absolute Gasteiger partial charge is 0.195 e. The summed E-state index contributed by atoms with van der Waals surface area (Å²) < 4.78 is 11.7. The summed E-state index contributed by atoms with van der Waals surface area (Å²) in [6.07, 6.45) is 0. The Morgan fingerprint density at radius 1 is 1.07 bits per heavy atom. The molecule has 0 amide bonds. The molecule has 15 heavy (non-hydrogen) atoms. The zero-order valence-electron chi connectivity index (χ0n) is 7.48. The van der Waals surface area contributed by atoms with Crippen LogP contribution in [0, 0.1) is 27.8 Å². The number of halogens is 1. The zero-order valence-corrected chi connectivity index (χ0v) is 9.11. The van der Waals surface area contributed by atoms with E-state index in [0.29, 0.717) is 9.75 Å². The first-order chi connectivity index (χ1) is 7.26. The van der Waals surface area contributed by atoms with Crippen LogP contribution in [0.3, 0.4) is 0 Å². The van der Waals surface area contributed by atoms with Gasteiger partial charge in [0.1, 0.15) is 21.9 Å². The van der Waals surface area contributed by atoms with Crippen molar-refractivity contribution in [3.63, 3.8) is 0 Å². The molecule has 0 unspecified atom stereocenters. The fourth-order valence-electron chi connectivity index (χ4n) is 0.717. The third-order valence-corrected chi connectivity index (χ3v) is 2.86. The van der Waals surface area contributed by atoms with Gasteiger partial charge >= 0.3 is 0 Å². The Kier molecular flexibility index (Phi) is 4.49. The Bertz CT molecular complexity index is 460. The maximum Gasteiger partial charge on any atom is 0.176 e. The normalized spacial score (nSPS) is 8.20. The molecule has 0 fully saturated rings. The lowest BCUT2D eigenvalue weighted by Crippen LogP contribution is -1.52. The molecule has 0 radical (unpaired) electrons. The number of hydrogen-bond acceptors (Lipinski definition) is 4. The van der Waals surface area contributed by atoms with Gasteiger partial charge in [-0.05, 0) is 29.6 Å². The van der Waals surface area contributed by atoms with Crippen LogP contribution in [0.25, 0.3) is 0 Å². The highest BCUT2D eigenvalue weighted by molar-refractivity contribution is 7.13. The molecule has 2 aromatic rings. The Morgan fingerprint density at radius 2 is 1.67 bits per heavy atom. The quantitative estimate of drug-likeness (QED) is 0.704. The van der Waals surface area contributed by atoms with Crippen LogP contribution in [0.15, 0.2) is 29.6 Å². The van der Waals surface area contributed by atoms with Crippen molar-refractivity contribution in [2.75, 3.05) is 0 Å². The first-order valence-corrected chi connectivity index (χ1v) is 5.55. The average molecular weight is 236 g/mol. The minimum Gasteiger partial charge on any atom is -0.195 e. The van der Waals surface area contributed by atoms with Gasteiger partial charge in [-0.15, -0.1) is 22.7 Å². The number of nitrogens with zero attached hydrogens (tertiary/aromatic N) is 2. The molecular formula is C10H5FN2S2. The van der Waals surface area contributed by atoms with Gasteiger partial charge in [0, 0.05) is 0 Å². The first-order valence-electron chi connectivity index (χ1n) is 3.85. The average Bonchev–Trinajstić information content (AvgIpc) is 2.88. The van der Waals surface area contributed by atoms with E-state index in [1.807, 2.05) is 12.1 Å². The molecule has 0 atom stereocenters. The van der Waals surface area contributed by atoms with Crippen molar-refractivity contribution in [2.45, 2.75) is 0 Å². The number of thiophene rings is 2. The molecule has 0 spiro atoms. The van der Waals surface area contributed by atoms with Gasteiger partial charge in [-0.25, -0.2) is 0 Å². The van der Waals surface area contributed by atoms with E-state index in [4.69, 9.17) is 10.5 Å². The maximum absolute atomic E-state index is 11.7. The van der Waals surface area contributed by atoms with Crippen LogP contribution in [-0.2, 0) is 0 Å². The van der Waals surface area contributed by atoms with Crippen LogP contribution in [0.5, 0.6) is 0 Å². The van der Waals surface area contributed by atoms with Gasteiger partial charge in [-0.2, -0.15) is 14.9 Å². The minimum absolute atomic E-state index is 0.116. The van der Waals surface area contributed by atoms with Gasteiger partial charge in [0.15, 0.2) is 5.13 Å². The second-order valence-corrected chi connectivity index (χ2v) is 4.29. The first kappa shape index (κ1) is 11.4. The van der Waals surface area contributed by atoms with Crippen LogP contribution in [0.1, 0.15) is 9.75 Å². The van der Waals surface area contributed by atoms with Gasteiger partial charge in [0.2, 0.25) is 0 Å². The van der Waals surface area contributed by atoms with E-state index >= 15 is 0 Å². The van der Waals surface area contributed by atoms with E-state index in [2.05, 4.69) is 0 Å². The third kappa shape index (κ3) is 3.90. The lowest BCUT2D eigenvalue weighted by Gasteiger charge is -1.67. The topological polar surface area (TPSA) is 47.6 Å². The van der Waals surface area contributed by atoms with Crippen molar-refractivity contribution in [3.8, 4) is 12.1 Å². The van der Waals surface area contributed by atoms with Gasteiger partial charge in [0.25, 0.3) is 0 Å². The summed E-state index contributed by atoms with van der Waals surface area (Å²) in [5, 5.41) is 18.2. The van der Waals surface area contributed by atoms with E-state index in [1.54, 1.807) is 23.6 Å². The molecule has 2 nitrogen and oxygen atoms in total. The minimum atomic E-state index is -0.116. The van der Waals surface area contributed by atoms with Gasteiger partial charge in [-0.3, -0.25) is 0 Å². The molecule has 74 valence electrons.